The molecule has 0 radical (unpaired) electrons. The number of carbonyl (C=O) groups excluding carboxylic acids is 3. The summed E-state index contributed by atoms with van der Waals surface area (Å²) >= 11 is 1.38. The Labute approximate surface area is 155 Å². The summed E-state index contributed by atoms with van der Waals surface area (Å²) in [6.45, 7) is 2.82. The van der Waals surface area contributed by atoms with Gasteiger partial charge in [-0.3, -0.25) is 9.59 Å². The summed E-state index contributed by atoms with van der Waals surface area (Å²) in [5.41, 5.74) is 0.448. The van der Waals surface area contributed by atoms with Crippen LogP contribution in [0.25, 0.3) is 0 Å². The van der Waals surface area contributed by atoms with Crippen LogP contribution in [0, 0.1) is 0 Å². The van der Waals surface area contributed by atoms with Gasteiger partial charge in [-0.15, -0.1) is 11.3 Å². The normalized spacial score (nSPS) is 10.0. The first-order valence-corrected chi connectivity index (χ1v) is 9.02. The van der Waals surface area contributed by atoms with E-state index in [1.54, 1.807) is 25.1 Å². The number of ether oxygens (including phenoxy) is 2. The van der Waals surface area contributed by atoms with E-state index in [0.717, 1.165) is 0 Å². The molecule has 8 heteroatoms. The predicted octanol–water partition coefficient (Wildman–Crippen LogP) is 2.83. The molecule has 0 saturated heterocycles. The SMILES string of the molecule is CCOC(=O)Oc1ccc(C(=O)NCCCNC(=O)c2cccs2)cc1. The van der Waals surface area contributed by atoms with E-state index in [1.807, 2.05) is 11.4 Å². The third-order valence-corrected chi connectivity index (χ3v) is 4.12. The average Bonchev–Trinajstić information content (AvgIpc) is 3.16. The minimum absolute atomic E-state index is 0.108. The lowest BCUT2D eigenvalue weighted by Crippen LogP contribution is -2.29. The van der Waals surface area contributed by atoms with Gasteiger partial charge in [0.1, 0.15) is 5.75 Å². The van der Waals surface area contributed by atoms with E-state index in [-0.39, 0.29) is 18.4 Å². The fourth-order valence-corrected chi connectivity index (χ4v) is 2.65. The summed E-state index contributed by atoms with van der Waals surface area (Å²) < 4.78 is 9.59. The minimum atomic E-state index is -0.783. The van der Waals surface area contributed by atoms with Crippen molar-refractivity contribution in [3.63, 3.8) is 0 Å². The molecule has 0 saturated carbocycles. The second-order valence-electron chi connectivity index (χ2n) is 5.15. The third kappa shape index (κ3) is 6.21. The number of carbonyl (C=O) groups is 3. The lowest BCUT2D eigenvalue weighted by atomic mass is 10.2. The maximum Gasteiger partial charge on any atom is 0.513 e. The molecule has 0 aliphatic rings. The molecule has 1 aromatic carbocycles. The first-order chi connectivity index (χ1) is 12.6. The second-order valence-corrected chi connectivity index (χ2v) is 6.10. The minimum Gasteiger partial charge on any atom is -0.434 e. The highest BCUT2D eigenvalue weighted by Crippen LogP contribution is 2.13. The van der Waals surface area contributed by atoms with Crippen molar-refractivity contribution in [1.82, 2.24) is 10.6 Å². The molecule has 2 N–H and O–H groups in total. The Morgan fingerprint density at radius 3 is 2.31 bits per heavy atom. The van der Waals surface area contributed by atoms with Crippen molar-refractivity contribution >= 4 is 29.3 Å². The van der Waals surface area contributed by atoms with Crippen molar-refractivity contribution in [3.05, 3.63) is 52.2 Å². The first kappa shape index (κ1) is 19.5. The van der Waals surface area contributed by atoms with Crippen LogP contribution in [-0.4, -0.2) is 37.7 Å². The van der Waals surface area contributed by atoms with Crippen LogP contribution in [0.15, 0.2) is 41.8 Å². The van der Waals surface area contributed by atoms with Crippen molar-refractivity contribution in [3.8, 4) is 5.75 Å². The van der Waals surface area contributed by atoms with Crippen molar-refractivity contribution in [2.75, 3.05) is 19.7 Å². The van der Waals surface area contributed by atoms with Gasteiger partial charge in [-0.05, 0) is 49.1 Å². The summed E-state index contributed by atoms with van der Waals surface area (Å²) in [5, 5.41) is 7.41. The van der Waals surface area contributed by atoms with Gasteiger partial charge in [0, 0.05) is 18.7 Å². The summed E-state index contributed by atoms with van der Waals surface area (Å²) in [7, 11) is 0. The van der Waals surface area contributed by atoms with Gasteiger partial charge in [0.15, 0.2) is 0 Å². The van der Waals surface area contributed by atoms with Gasteiger partial charge in [0.25, 0.3) is 11.8 Å². The zero-order valence-corrected chi connectivity index (χ0v) is 15.1. The highest BCUT2D eigenvalue weighted by molar-refractivity contribution is 7.12. The van der Waals surface area contributed by atoms with Gasteiger partial charge in [0.05, 0.1) is 11.5 Å². The van der Waals surface area contributed by atoms with E-state index in [4.69, 9.17) is 4.74 Å². The molecule has 0 unspecified atom stereocenters. The summed E-state index contributed by atoms with van der Waals surface area (Å²) in [4.78, 5) is 35.6. The molecular formula is C18H20N2O5S. The molecule has 0 fully saturated rings. The van der Waals surface area contributed by atoms with Gasteiger partial charge in [0.2, 0.25) is 0 Å². The predicted molar refractivity (Wildman–Crippen MR) is 97.7 cm³/mol. The van der Waals surface area contributed by atoms with E-state index in [9.17, 15) is 14.4 Å². The number of thiophene rings is 1. The average molecular weight is 376 g/mol. The highest BCUT2D eigenvalue weighted by Gasteiger charge is 2.08. The van der Waals surface area contributed by atoms with Gasteiger partial charge >= 0.3 is 6.16 Å². The molecule has 0 bridgehead atoms. The van der Waals surface area contributed by atoms with Crippen LogP contribution < -0.4 is 15.4 Å². The van der Waals surface area contributed by atoms with Crippen LogP contribution in [-0.2, 0) is 4.74 Å². The number of benzene rings is 1. The molecule has 1 heterocycles. The van der Waals surface area contributed by atoms with Crippen molar-refractivity contribution < 1.29 is 23.9 Å². The fraction of sp³-hybridized carbons (Fsp3) is 0.278. The van der Waals surface area contributed by atoms with E-state index in [2.05, 4.69) is 15.4 Å². The lowest BCUT2D eigenvalue weighted by molar-refractivity contribution is 0.0952. The van der Waals surface area contributed by atoms with Gasteiger partial charge < -0.3 is 20.1 Å². The molecule has 0 aliphatic heterocycles. The zero-order valence-electron chi connectivity index (χ0n) is 14.3. The molecule has 2 amide bonds. The molecule has 0 aliphatic carbocycles. The zero-order chi connectivity index (χ0) is 18.8. The molecule has 138 valence electrons. The molecule has 7 nitrogen and oxygen atoms in total. The molecule has 0 atom stereocenters. The van der Waals surface area contributed by atoms with Gasteiger partial charge in [-0.2, -0.15) is 0 Å². The molecule has 2 aromatic rings. The Hall–Kier alpha value is -2.87. The Morgan fingerprint density at radius 2 is 1.69 bits per heavy atom. The maximum absolute atomic E-state index is 12.0. The molecular weight excluding hydrogens is 356 g/mol. The molecule has 0 spiro atoms. The number of rotatable bonds is 8. The fourth-order valence-electron chi connectivity index (χ4n) is 2.01. The second kappa shape index (κ2) is 10.2. The van der Waals surface area contributed by atoms with Crippen LogP contribution >= 0.6 is 11.3 Å². The van der Waals surface area contributed by atoms with Gasteiger partial charge in [-0.1, -0.05) is 6.07 Å². The van der Waals surface area contributed by atoms with Crippen LogP contribution in [0.3, 0.4) is 0 Å². The number of nitrogens with one attached hydrogen (secondary N) is 2. The Morgan fingerprint density at radius 1 is 1.00 bits per heavy atom. The monoisotopic (exact) mass is 376 g/mol. The van der Waals surface area contributed by atoms with Crippen molar-refractivity contribution in [2.45, 2.75) is 13.3 Å². The lowest BCUT2D eigenvalue weighted by Gasteiger charge is -2.07. The molecule has 1 aromatic heterocycles. The standard InChI is InChI=1S/C18H20N2O5S/c1-2-24-18(23)25-14-8-6-13(7-9-14)16(21)19-10-4-11-20-17(22)15-5-3-12-26-15/h3,5-9,12H,2,4,10-11H2,1H3,(H,19,21)(H,20,22). The van der Waals surface area contributed by atoms with Crippen LogP contribution in [0.2, 0.25) is 0 Å². The van der Waals surface area contributed by atoms with E-state index < -0.39 is 6.16 Å². The van der Waals surface area contributed by atoms with Gasteiger partial charge in [-0.25, -0.2) is 4.79 Å². The first-order valence-electron chi connectivity index (χ1n) is 8.14. The Bertz CT molecular complexity index is 729. The summed E-state index contributed by atoms with van der Waals surface area (Å²) in [6.07, 6.45) is -0.165. The van der Waals surface area contributed by atoms with Crippen LogP contribution in [0.5, 0.6) is 5.75 Å². The Kier molecular flexibility index (Phi) is 7.63. The summed E-state index contributed by atoms with van der Waals surface area (Å²) in [6, 6.07) is 9.74. The maximum atomic E-state index is 12.0. The summed E-state index contributed by atoms with van der Waals surface area (Å²) in [5.74, 6) is -0.0444. The quantitative estimate of drug-likeness (QED) is 0.420. The number of hydrogen-bond acceptors (Lipinski definition) is 6. The topological polar surface area (TPSA) is 93.7 Å². The smallest absolute Gasteiger partial charge is 0.434 e. The Balaban J connectivity index is 1.67. The van der Waals surface area contributed by atoms with E-state index in [1.165, 1.54) is 23.5 Å². The number of amides is 2. The van der Waals surface area contributed by atoms with Crippen LogP contribution in [0.1, 0.15) is 33.4 Å². The van der Waals surface area contributed by atoms with Crippen molar-refractivity contribution in [1.29, 1.82) is 0 Å². The number of hydrogen-bond donors (Lipinski definition) is 2. The largest absolute Gasteiger partial charge is 0.513 e. The third-order valence-electron chi connectivity index (χ3n) is 3.25. The highest BCUT2D eigenvalue weighted by atomic mass is 32.1. The van der Waals surface area contributed by atoms with E-state index in [0.29, 0.717) is 35.7 Å². The molecule has 2 rings (SSSR count). The van der Waals surface area contributed by atoms with E-state index >= 15 is 0 Å². The van der Waals surface area contributed by atoms with Crippen LogP contribution in [0.4, 0.5) is 4.79 Å². The molecule has 26 heavy (non-hydrogen) atoms. The van der Waals surface area contributed by atoms with Crippen molar-refractivity contribution in [2.24, 2.45) is 0 Å².